The molecule has 2 rings (SSSR count). The van der Waals surface area contributed by atoms with Crippen molar-refractivity contribution in [1.82, 2.24) is 4.31 Å². The summed E-state index contributed by atoms with van der Waals surface area (Å²) in [5, 5.41) is 9.63. The minimum absolute atomic E-state index is 0.204. The first kappa shape index (κ1) is 15.5. The quantitative estimate of drug-likeness (QED) is 0.925. The van der Waals surface area contributed by atoms with Crippen LogP contribution < -0.4 is 0 Å². The van der Waals surface area contributed by atoms with E-state index in [0.29, 0.717) is 30.2 Å². The number of β-amino-alcohol motifs (C(OH)–C–C–N with tert-alkyl or cyclic N) is 1. The third-order valence-electron chi connectivity index (χ3n) is 3.56. The minimum Gasteiger partial charge on any atom is -0.392 e. The maximum absolute atomic E-state index is 12.5. The van der Waals surface area contributed by atoms with Crippen LogP contribution in [0.15, 0.2) is 29.2 Å². The molecule has 0 unspecified atom stereocenters. The third-order valence-corrected chi connectivity index (χ3v) is 5.44. The molecule has 1 heterocycles. The Balaban J connectivity index is 2.17. The topological polar surface area (TPSA) is 57.6 Å². The minimum atomic E-state index is -3.47. The van der Waals surface area contributed by atoms with Crippen LogP contribution in [0.2, 0.25) is 0 Å². The molecule has 1 aliphatic heterocycles. The molecule has 20 heavy (non-hydrogen) atoms. The summed E-state index contributed by atoms with van der Waals surface area (Å²) in [4.78, 5) is 0.319. The van der Waals surface area contributed by atoms with Gasteiger partial charge in [-0.25, -0.2) is 8.42 Å². The Kier molecular flexibility index (Phi) is 4.83. The Bertz CT molecular complexity index is 537. The summed E-state index contributed by atoms with van der Waals surface area (Å²) >= 11 is 0. The molecule has 5 heteroatoms. The molecule has 0 radical (unpaired) electrons. The first-order valence-electron chi connectivity index (χ1n) is 7.17. The van der Waals surface area contributed by atoms with Gasteiger partial charge >= 0.3 is 0 Å². The van der Waals surface area contributed by atoms with E-state index >= 15 is 0 Å². The smallest absolute Gasteiger partial charge is 0.243 e. The molecule has 0 saturated carbocycles. The summed E-state index contributed by atoms with van der Waals surface area (Å²) in [6.07, 6.45) is 1.80. The van der Waals surface area contributed by atoms with E-state index in [1.54, 1.807) is 12.1 Å². The van der Waals surface area contributed by atoms with E-state index in [-0.39, 0.29) is 6.54 Å². The van der Waals surface area contributed by atoms with Crippen LogP contribution in [-0.2, 0) is 16.4 Å². The molecule has 4 nitrogen and oxygen atoms in total. The predicted octanol–water partition coefficient (Wildman–Crippen LogP) is 2.03. The number of aliphatic hydroxyl groups excluding tert-OH is 1. The molecule has 1 atom stereocenters. The van der Waals surface area contributed by atoms with E-state index in [1.165, 1.54) is 4.31 Å². The van der Waals surface area contributed by atoms with Crippen LogP contribution in [0.4, 0.5) is 0 Å². The van der Waals surface area contributed by atoms with Crippen LogP contribution in [0.3, 0.4) is 0 Å². The van der Waals surface area contributed by atoms with Crippen molar-refractivity contribution in [2.45, 2.75) is 44.1 Å². The van der Waals surface area contributed by atoms with Gasteiger partial charge in [-0.1, -0.05) is 26.0 Å². The number of hydrogen-bond acceptors (Lipinski definition) is 3. The first-order chi connectivity index (χ1) is 9.39. The number of benzene rings is 1. The van der Waals surface area contributed by atoms with Gasteiger partial charge in [0.1, 0.15) is 0 Å². The Hall–Kier alpha value is -0.910. The second-order valence-corrected chi connectivity index (χ2v) is 7.84. The zero-order valence-corrected chi connectivity index (χ0v) is 12.9. The van der Waals surface area contributed by atoms with Gasteiger partial charge in [0, 0.05) is 13.1 Å². The summed E-state index contributed by atoms with van der Waals surface area (Å²) in [7, 11) is -3.47. The van der Waals surface area contributed by atoms with Gasteiger partial charge in [0.05, 0.1) is 11.0 Å². The van der Waals surface area contributed by atoms with Gasteiger partial charge in [0.25, 0.3) is 0 Å². The van der Waals surface area contributed by atoms with Crippen molar-refractivity contribution >= 4 is 10.0 Å². The lowest BCUT2D eigenvalue weighted by Gasteiger charge is -2.29. The fraction of sp³-hybridized carbons (Fsp3) is 0.600. The van der Waals surface area contributed by atoms with Crippen LogP contribution >= 0.6 is 0 Å². The molecule has 112 valence electrons. The average molecular weight is 297 g/mol. The van der Waals surface area contributed by atoms with E-state index in [1.807, 2.05) is 12.1 Å². The van der Waals surface area contributed by atoms with Gasteiger partial charge in [-0.15, -0.1) is 0 Å². The molecule has 1 aromatic rings. The van der Waals surface area contributed by atoms with Crippen molar-refractivity contribution in [3.63, 3.8) is 0 Å². The highest BCUT2D eigenvalue weighted by molar-refractivity contribution is 7.89. The van der Waals surface area contributed by atoms with Crippen LogP contribution in [0.25, 0.3) is 0 Å². The third kappa shape index (κ3) is 3.59. The largest absolute Gasteiger partial charge is 0.392 e. The van der Waals surface area contributed by atoms with Crippen molar-refractivity contribution in [2.75, 3.05) is 13.1 Å². The average Bonchev–Trinajstić information content (AvgIpc) is 2.38. The molecule has 0 aromatic heterocycles. The van der Waals surface area contributed by atoms with Crippen LogP contribution in [0.5, 0.6) is 0 Å². The van der Waals surface area contributed by atoms with Gasteiger partial charge < -0.3 is 5.11 Å². The maximum atomic E-state index is 12.5. The molecule has 0 amide bonds. The summed E-state index contributed by atoms with van der Waals surface area (Å²) in [6.45, 7) is 4.97. The van der Waals surface area contributed by atoms with Gasteiger partial charge in [0.2, 0.25) is 10.0 Å². The lowest BCUT2D eigenvalue weighted by Crippen LogP contribution is -2.42. The van der Waals surface area contributed by atoms with Crippen LogP contribution in [0, 0.1) is 5.92 Å². The van der Waals surface area contributed by atoms with E-state index in [9.17, 15) is 13.5 Å². The van der Waals surface area contributed by atoms with E-state index in [2.05, 4.69) is 13.8 Å². The zero-order valence-electron chi connectivity index (χ0n) is 12.1. The van der Waals surface area contributed by atoms with Crippen LogP contribution in [-0.4, -0.2) is 37.0 Å². The Labute approximate surface area is 121 Å². The van der Waals surface area contributed by atoms with Crippen molar-refractivity contribution in [1.29, 1.82) is 0 Å². The number of sulfonamides is 1. The summed E-state index contributed by atoms with van der Waals surface area (Å²) < 4.78 is 26.3. The highest BCUT2D eigenvalue weighted by Crippen LogP contribution is 2.21. The Morgan fingerprint density at radius 1 is 1.30 bits per heavy atom. The number of hydrogen-bond donors (Lipinski definition) is 1. The Morgan fingerprint density at radius 2 is 1.95 bits per heavy atom. The maximum Gasteiger partial charge on any atom is 0.243 e. The molecule has 1 N–H and O–H groups in total. The highest BCUT2D eigenvalue weighted by atomic mass is 32.2. The standard InChI is InChI=1S/C15H23NO3S/c1-12(2)10-13-5-7-15(8-6-13)20(18,19)16-9-3-4-14(17)11-16/h5-8,12,14,17H,3-4,9-11H2,1-2H3/t14-/m0/s1. The molecule has 0 spiro atoms. The lowest BCUT2D eigenvalue weighted by molar-refractivity contribution is 0.108. The van der Waals surface area contributed by atoms with Gasteiger partial charge in [-0.05, 0) is 42.9 Å². The number of piperidine rings is 1. The number of aliphatic hydroxyl groups is 1. The molecule has 1 aliphatic rings. The second kappa shape index (κ2) is 6.24. The molecular formula is C15H23NO3S. The molecule has 1 saturated heterocycles. The van der Waals surface area contributed by atoms with Crippen molar-refractivity contribution in [2.24, 2.45) is 5.92 Å². The van der Waals surface area contributed by atoms with Crippen LogP contribution in [0.1, 0.15) is 32.3 Å². The SMILES string of the molecule is CC(C)Cc1ccc(S(=O)(=O)N2CCC[C@H](O)C2)cc1. The van der Waals surface area contributed by atoms with Crippen molar-refractivity contribution in [3.05, 3.63) is 29.8 Å². The second-order valence-electron chi connectivity index (χ2n) is 5.90. The molecular weight excluding hydrogens is 274 g/mol. The predicted molar refractivity (Wildman–Crippen MR) is 79.0 cm³/mol. The van der Waals surface area contributed by atoms with Crippen molar-refractivity contribution in [3.8, 4) is 0 Å². The number of rotatable bonds is 4. The van der Waals surface area contributed by atoms with Gasteiger partial charge in [-0.2, -0.15) is 4.31 Å². The van der Waals surface area contributed by atoms with E-state index in [0.717, 1.165) is 12.0 Å². The highest BCUT2D eigenvalue weighted by Gasteiger charge is 2.29. The molecule has 1 aromatic carbocycles. The zero-order chi connectivity index (χ0) is 14.8. The number of nitrogens with zero attached hydrogens (tertiary/aromatic N) is 1. The first-order valence-corrected chi connectivity index (χ1v) is 8.61. The summed E-state index contributed by atoms with van der Waals surface area (Å²) in [5.74, 6) is 0.551. The van der Waals surface area contributed by atoms with E-state index in [4.69, 9.17) is 0 Å². The summed E-state index contributed by atoms with van der Waals surface area (Å²) in [5.41, 5.74) is 1.15. The monoisotopic (exact) mass is 297 g/mol. The normalized spacial score (nSPS) is 21.3. The lowest BCUT2D eigenvalue weighted by atomic mass is 10.0. The van der Waals surface area contributed by atoms with Gasteiger partial charge in [0.15, 0.2) is 0 Å². The molecule has 0 bridgehead atoms. The Morgan fingerprint density at radius 3 is 2.50 bits per heavy atom. The summed E-state index contributed by atoms with van der Waals surface area (Å²) in [6, 6.07) is 7.11. The van der Waals surface area contributed by atoms with E-state index < -0.39 is 16.1 Å². The van der Waals surface area contributed by atoms with Gasteiger partial charge in [-0.3, -0.25) is 0 Å². The fourth-order valence-electron chi connectivity index (χ4n) is 2.56. The fourth-order valence-corrected chi connectivity index (χ4v) is 4.07. The molecule has 1 fully saturated rings. The molecule has 0 aliphatic carbocycles. The van der Waals surface area contributed by atoms with Crippen molar-refractivity contribution < 1.29 is 13.5 Å².